The van der Waals surface area contributed by atoms with Crippen LogP contribution >= 0.6 is 22.6 Å². The van der Waals surface area contributed by atoms with Gasteiger partial charge in [0.05, 0.1) is 6.04 Å². The predicted molar refractivity (Wildman–Crippen MR) is 98.9 cm³/mol. The average molecular weight is 405 g/mol. The van der Waals surface area contributed by atoms with Gasteiger partial charge in [-0.2, -0.15) is 0 Å². The minimum atomic E-state index is 0.0601. The third-order valence-electron chi connectivity index (χ3n) is 4.35. The van der Waals surface area contributed by atoms with Gasteiger partial charge in [-0.25, -0.2) is 0 Å². The summed E-state index contributed by atoms with van der Waals surface area (Å²) in [4.78, 5) is 12.4. The molecule has 2 nitrogen and oxygen atoms in total. The molecule has 22 heavy (non-hydrogen) atoms. The van der Waals surface area contributed by atoms with Gasteiger partial charge in [0.15, 0.2) is 0 Å². The topological polar surface area (TPSA) is 29.1 Å². The summed E-state index contributed by atoms with van der Waals surface area (Å²) in [6, 6.07) is 18.7. The molecule has 0 saturated heterocycles. The number of hydrogen-bond donors (Lipinski definition) is 1. The molecule has 2 aromatic rings. The van der Waals surface area contributed by atoms with E-state index in [1.54, 1.807) is 0 Å². The van der Waals surface area contributed by atoms with Gasteiger partial charge in [-0.05, 0) is 53.1 Å². The van der Waals surface area contributed by atoms with Crippen LogP contribution < -0.4 is 5.32 Å². The van der Waals surface area contributed by atoms with Gasteiger partial charge in [-0.3, -0.25) is 4.79 Å². The fourth-order valence-electron chi connectivity index (χ4n) is 3.18. The number of carbonyl (C=O) groups excluding carboxylic acids is 1. The highest BCUT2D eigenvalue weighted by molar-refractivity contribution is 14.1. The van der Waals surface area contributed by atoms with E-state index in [0.717, 1.165) is 31.4 Å². The van der Waals surface area contributed by atoms with Crippen molar-refractivity contribution in [3.8, 4) is 0 Å². The lowest BCUT2D eigenvalue weighted by molar-refractivity contribution is -0.125. The maximum Gasteiger partial charge on any atom is 0.138 e. The summed E-state index contributed by atoms with van der Waals surface area (Å²) in [7, 11) is 0. The van der Waals surface area contributed by atoms with Crippen LogP contribution in [0.5, 0.6) is 0 Å². The highest BCUT2D eigenvalue weighted by Crippen LogP contribution is 2.35. The fraction of sp³-hybridized carbons (Fsp3) is 0.316. The van der Waals surface area contributed by atoms with E-state index in [1.165, 1.54) is 9.13 Å². The molecule has 1 aliphatic carbocycles. The number of para-hydroxylation sites is 1. The molecule has 3 heteroatoms. The van der Waals surface area contributed by atoms with Crippen molar-refractivity contribution in [1.29, 1.82) is 0 Å². The molecule has 3 rings (SSSR count). The van der Waals surface area contributed by atoms with E-state index in [0.29, 0.717) is 5.78 Å². The summed E-state index contributed by atoms with van der Waals surface area (Å²) in [5.41, 5.74) is 2.30. The van der Waals surface area contributed by atoms with Crippen LogP contribution in [0.15, 0.2) is 54.6 Å². The average Bonchev–Trinajstić information content (AvgIpc) is 2.56. The van der Waals surface area contributed by atoms with Gasteiger partial charge < -0.3 is 5.32 Å². The zero-order valence-electron chi connectivity index (χ0n) is 12.5. The van der Waals surface area contributed by atoms with E-state index < -0.39 is 0 Å². The van der Waals surface area contributed by atoms with Crippen LogP contribution in [0.25, 0.3) is 0 Å². The van der Waals surface area contributed by atoms with Crippen molar-refractivity contribution in [2.75, 3.05) is 5.32 Å². The second-order valence-electron chi connectivity index (χ2n) is 5.83. The first-order valence-electron chi connectivity index (χ1n) is 7.84. The first-order chi connectivity index (χ1) is 10.8. The lowest BCUT2D eigenvalue weighted by atomic mass is 9.80. The Morgan fingerprint density at radius 2 is 1.73 bits per heavy atom. The molecule has 0 unspecified atom stereocenters. The first-order valence-corrected chi connectivity index (χ1v) is 8.92. The maximum absolute atomic E-state index is 12.4. The number of Topliss-reactive ketones (excluding diaryl/α,β-unsaturated/α-hetero) is 1. The molecule has 0 bridgehead atoms. The normalized spacial score (nSPS) is 19.7. The number of rotatable bonds is 4. The van der Waals surface area contributed by atoms with Crippen LogP contribution in [0.1, 0.15) is 37.3 Å². The van der Waals surface area contributed by atoms with E-state index >= 15 is 0 Å². The van der Waals surface area contributed by atoms with Crippen LogP contribution in [-0.4, -0.2) is 5.78 Å². The van der Waals surface area contributed by atoms with Gasteiger partial charge >= 0.3 is 0 Å². The Morgan fingerprint density at radius 1 is 1.00 bits per heavy atom. The van der Waals surface area contributed by atoms with Crippen LogP contribution in [-0.2, 0) is 4.79 Å². The first kappa shape index (κ1) is 15.5. The van der Waals surface area contributed by atoms with Crippen LogP contribution in [0.3, 0.4) is 0 Å². The summed E-state index contributed by atoms with van der Waals surface area (Å²) >= 11 is 2.34. The number of hydrogen-bond acceptors (Lipinski definition) is 2. The molecule has 0 aliphatic heterocycles. The zero-order chi connectivity index (χ0) is 15.4. The molecule has 2 aromatic carbocycles. The second kappa shape index (κ2) is 7.27. The smallest absolute Gasteiger partial charge is 0.138 e. The molecule has 1 N–H and O–H groups in total. The van der Waals surface area contributed by atoms with Crippen molar-refractivity contribution in [2.24, 2.45) is 5.92 Å². The van der Waals surface area contributed by atoms with E-state index in [9.17, 15) is 4.79 Å². The number of halogens is 1. The summed E-state index contributed by atoms with van der Waals surface area (Å²) < 4.78 is 1.18. The highest BCUT2D eigenvalue weighted by Gasteiger charge is 2.31. The lowest BCUT2D eigenvalue weighted by Gasteiger charge is -2.31. The SMILES string of the molecule is O=C1CCCC[C@H]1[C@@H](Nc1ccccc1I)c1ccccc1. The molecule has 0 amide bonds. The third-order valence-corrected chi connectivity index (χ3v) is 5.29. The van der Waals surface area contributed by atoms with Gasteiger partial charge in [0, 0.05) is 21.6 Å². The fourth-order valence-corrected chi connectivity index (χ4v) is 3.73. The number of carbonyl (C=O) groups is 1. The predicted octanol–water partition coefficient (Wildman–Crippen LogP) is 5.20. The van der Waals surface area contributed by atoms with Crippen LogP contribution in [0, 0.1) is 9.49 Å². The van der Waals surface area contributed by atoms with Crippen molar-refractivity contribution in [3.63, 3.8) is 0 Å². The third kappa shape index (κ3) is 3.51. The number of benzene rings is 2. The Hall–Kier alpha value is -1.36. The zero-order valence-corrected chi connectivity index (χ0v) is 14.6. The molecule has 1 fully saturated rings. The Morgan fingerprint density at radius 3 is 2.45 bits per heavy atom. The quantitative estimate of drug-likeness (QED) is 0.709. The number of nitrogens with one attached hydrogen (secondary N) is 1. The molecule has 114 valence electrons. The van der Waals surface area contributed by atoms with E-state index in [4.69, 9.17) is 0 Å². The molecular weight excluding hydrogens is 385 g/mol. The van der Waals surface area contributed by atoms with Crippen LogP contribution in [0.2, 0.25) is 0 Å². The minimum absolute atomic E-state index is 0.0601. The number of anilines is 1. The standard InChI is InChI=1S/C19H20INO/c20-16-11-5-6-12-17(16)21-19(14-8-2-1-3-9-14)15-10-4-7-13-18(15)22/h1-3,5-6,8-9,11-12,15,19,21H,4,7,10,13H2/t15-,19+/m1/s1. The number of ketones is 1. The molecule has 2 atom stereocenters. The molecule has 0 heterocycles. The van der Waals surface area contributed by atoms with Gasteiger partial charge in [-0.1, -0.05) is 48.9 Å². The second-order valence-corrected chi connectivity index (χ2v) is 6.99. The van der Waals surface area contributed by atoms with Crippen molar-refractivity contribution in [1.82, 2.24) is 0 Å². The highest BCUT2D eigenvalue weighted by atomic mass is 127. The monoisotopic (exact) mass is 405 g/mol. The summed E-state index contributed by atoms with van der Waals surface area (Å²) in [6.45, 7) is 0. The van der Waals surface area contributed by atoms with Crippen molar-refractivity contribution >= 4 is 34.1 Å². The van der Waals surface area contributed by atoms with Crippen molar-refractivity contribution < 1.29 is 4.79 Å². The van der Waals surface area contributed by atoms with Crippen molar-refractivity contribution in [3.05, 3.63) is 63.7 Å². The largest absolute Gasteiger partial charge is 0.377 e. The minimum Gasteiger partial charge on any atom is -0.377 e. The van der Waals surface area contributed by atoms with Gasteiger partial charge in [0.2, 0.25) is 0 Å². The van der Waals surface area contributed by atoms with Gasteiger partial charge in [-0.15, -0.1) is 0 Å². The Kier molecular flexibility index (Phi) is 5.13. The molecule has 0 aromatic heterocycles. The van der Waals surface area contributed by atoms with E-state index in [-0.39, 0.29) is 12.0 Å². The summed E-state index contributed by atoms with van der Waals surface area (Å²) in [5, 5.41) is 3.64. The Bertz CT molecular complexity index is 641. The summed E-state index contributed by atoms with van der Waals surface area (Å²) in [5.74, 6) is 0.477. The van der Waals surface area contributed by atoms with Crippen molar-refractivity contribution in [2.45, 2.75) is 31.7 Å². The maximum atomic E-state index is 12.4. The van der Waals surface area contributed by atoms with E-state index in [1.807, 2.05) is 30.3 Å². The Balaban J connectivity index is 1.93. The molecule has 1 aliphatic rings. The molecule has 1 saturated carbocycles. The molecule has 0 spiro atoms. The lowest BCUT2D eigenvalue weighted by Crippen LogP contribution is -2.30. The van der Waals surface area contributed by atoms with Crippen LogP contribution in [0.4, 0.5) is 5.69 Å². The van der Waals surface area contributed by atoms with Gasteiger partial charge in [0.25, 0.3) is 0 Å². The van der Waals surface area contributed by atoms with Gasteiger partial charge in [0.1, 0.15) is 5.78 Å². The Labute approximate surface area is 145 Å². The summed E-state index contributed by atoms with van der Waals surface area (Å²) in [6.07, 6.45) is 3.89. The van der Waals surface area contributed by atoms with E-state index in [2.05, 4.69) is 52.2 Å². The molecule has 0 radical (unpaired) electrons. The molecular formula is C19H20INO.